The van der Waals surface area contributed by atoms with Gasteiger partial charge in [0.25, 0.3) is 11.8 Å². The monoisotopic (exact) mass is 479 g/mol. The van der Waals surface area contributed by atoms with Gasteiger partial charge in [0, 0.05) is 42.1 Å². The van der Waals surface area contributed by atoms with Crippen LogP contribution in [0.2, 0.25) is 0 Å². The molecule has 5 rings (SSSR count). The second-order valence-corrected chi connectivity index (χ2v) is 8.73. The van der Waals surface area contributed by atoms with Crippen LogP contribution in [-0.2, 0) is 11.2 Å². The number of pyridine rings is 1. The molecule has 2 aromatic heterocycles. The first-order valence-electron chi connectivity index (χ1n) is 11.8. The van der Waals surface area contributed by atoms with Crippen LogP contribution in [0.4, 0.5) is 0 Å². The molecule has 8 nitrogen and oxygen atoms in total. The van der Waals surface area contributed by atoms with E-state index < -0.39 is 11.9 Å². The first-order valence-corrected chi connectivity index (χ1v) is 11.8. The molecule has 0 spiro atoms. The van der Waals surface area contributed by atoms with Crippen molar-refractivity contribution in [2.45, 2.75) is 25.3 Å². The lowest BCUT2D eigenvalue weighted by Crippen LogP contribution is -2.33. The van der Waals surface area contributed by atoms with Gasteiger partial charge in [-0.1, -0.05) is 48.4 Å². The minimum atomic E-state index is -0.822. The molecular formula is C28H25N5O3. The van der Waals surface area contributed by atoms with Gasteiger partial charge in [0.1, 0.15) is 17.3 Å². The SMILES string of the molecule is CNC(=O)c1ccc(-c2nccc3c(C#CC4CC4)n(C(Cc4ccccc4)C(=O)NO)nc23)cc1. The number of benzene rings is 2. The second-order valence-electron chi connectivity index (χ2n) is 8.73. The zero-order chi connectivity index (χ0) is 25.1. The molecular weight excluding hydrogens is 454 g/mol. The molecule has 0 saturated heterocycles. The highest BCUT2D eigenvalue weighted by Gasteiger charge is 2.27. The molecule has 3 N–H and O–H groups in total. The van der Waals surface area contributed by atoms with Crippen molar-refractivity contribution >= 4 is 22.7 Å². The van der Waals surface area contributed by atoms with E-state index in [-0.39, 0.29) is 5.91 Å². The lowest BCUT2D eigenvalue weighted by Gasteiger charge is -2.17. The summed E-state index contributed by atoms with van der Waals surface area (Å²) in [5.74, 6) is 6.14. The van der Waals surface area contributed by atoms with Crippen molar-refractivity contribution in [2.75, 3.05) is 7.05 Å². The van der Waals surface area contributed by atoms with Crippen LogP contribution in [0.3, 0.4) is 0 Å². The number of carbonyl (C=O) groups excluding carboxylic acids is 2. The highest BCUT2D eigenvalue weighted by molar-refractivity contribution is 5.97. The van der Waals surface area contributed by atoms with Gasteiger partial charge in [-0.15, -0.1) is 0 Å². The fourth-order valence-corrected chi connectivity index (χ4v) is 4.11. The summed E-state index contributed by atoms with van der Waals surface area (Å²) >= 11 is 0. The van der Waals surface area contributed by atoms with Crippen LogP contribution in [0.5, 0.6) is 0 Å². The number of hydroxylamine groups is 1. The summed E-state index contributed by atoms with van der Waals surface area (Å²) in [5, 5.41) is 17.8. The summed E-state index contributed by atoms with van der Waals surface area (Å²) < 4.78 is 1.60. The normalized spacial score (nSPS) is 13.5. The van der Waals surface area contributed by atoms with Crippen LogP contribution in [0, 0.1) is 17.8 Å². The van der Waals surface area contributed by atoms with Gasteiger partial charge in [0.2, 0.25) is 0 Å². The molecule has 0 aliphatic heterocycles. The van der Waals surface area contributed by atoms with Gasteiger partial charge >= 0.3 is 0 Å². The molecule has 1 saturated carbocycles. The molecule has 4 aromatic rings. The Morgan fingerprint density at radius 2 is 1.86 bits per heavy atom. The lowest BCUT2D eigenvalue weighted by atomic mass is 10.0. The van der Waals surface area contributed by atoms with Gasteiger partial charge in [-0.3, -0.25) is 19.8 Å². The summed E-state index contributed by atoms with van der Waals surface area (Å²) in [6, 6.07) is 17.7. The van der Waals surface area contributed by atoms with Crippen molar-refractivity contribution in [3.05, 3.63) is 83.7 Å². The molecule has 180 valence electrons. The molecule has 2 heterocycles. The maximum Gasteiger partial charge on any atom is 0.268 e. The van der Waals surface area contributed by atoms with Gasteiger partial charge in [0.05, 0.1) is 5.69 Å². The number of amides is 2. The van der Waals surface area contributed by atoms with Gasteiger partial charge in [0.15, 0.2) is 0 Å². The van der Waals surface area contributed by atoms with Crippen LogP contribution < -0.4 is 10.8 Å². The van der Waals surface area contributed by atoms with E-state index in [1.807, 2.05) is 48.5 Å². The Morgan fingerprint density at radius 1 is 1.11 bits per heavy atom. The van der Waals surface area contributed by atoms with Crippen LogP contribution in [0.25, 0.3) is 22.2 Å². The maximum absolute atomic E-state index is 12.9. The Kier molecular flexibility index (Phi) is 6.48. The van der Waals surface area contributed by atoms with E-state index in [2.05, 4.69) is 22.1 Å². The van der Waals surface area contributed by atoms with Gasteiger partial charge in [-0.2, -0.15) is 5.10 Å². The number of hydrogen-bond acceptors (Lipinski definition) is 5. The summed E-state index contributed by atoms with van der Waals surface area (Å²) in [6.07, 6.45) is 4.14. The second kappa shape index (κ2) is 10.0. The fraction of sp³-hybridized carbons (Fsp3) is 0.214. The van der Waals surface area contributed by atoms with Crippen LogP contribution in [0.1, 0.15) is 40.5 Å². The maximum atomic E-state index is 12.9. The molecule has 0 bridgehead atoms. The van der Waals surface area contributed by atoms with E-state index in [4.69, 9.17) is 5.10 Å². The molecule has 0 radical (unpaired) electrons. The van der Waals surface area contributed by atoms with Gasteiger partial charge in [-0.05, 0) is 42.5 Å². The highest BCUT2D eigenvalue weighted by Crippen LogP contribution is 2.32. The zero-order valence-corrected chi connectivity index (χ0v) is 19.7. The summed E-state index contributed by atoms with van der Waals surface area (Å²) in [6.45, 7) is 0. The number of aromatic nitrogens is 3. The van der Waals surface area contributed by atoms with Crippen molar-refractivity contribution in [3.8, 4) is 23.1 Å². The topological polar surface area (TPSA) is 109 Å². The van der Waals surface area contributed by atoms with Crippen molar-refractivity contribution in [1.29, 1.82) is 0 Å². The Labute approximate surface area is 208 Å². The predicted octanol–water partition coefficient (Wildman–Crippen LogP) is 3.51. The average molecular weight is 480 g/mol. The quantitative estimate of drug-likeness (QED) is 0.223. The van der Waals surface area contributed by atoms with E-state index in [0.29, 0.717) is 34.8 Å². The van der Waals surface area contributed by atoms with Crippen molar-refractivity contribution in [3.63, 3.8) is 0 Å². The van der Waals surface area contributed by atoms with Crippen molar-refractivity contribution in [1.82, 2.24) is 25.6 Å². The molecule has 1 aliphatic rings. The van der Waals surface area contributed by atoms with Gasteiger partial charge in [-0.25, -0.2) is 10.2 Å². The Bertz CT molecular complexity index is 1480. The third-order valence-electron chi connectivity index (χ3n) is 6.22. The third kappa shape index (κ3) is 4.69. The third-order valence-corrected chi connectivity index (χ3v) is 6.22. The molecule has 1 atom stereocenters. The van der Waals surface area contributed by atoms with Crippen LogP contribution in [0.15, 0.2) is 66.9 Å². The molecule has 1 unspecified atom stereocenters. The Balaban J connectivity index is 1.66. The van der Waals surface area contributed by atoms with E-state index in [1.54, 1.807) is 35.5 Å². The predicted molar refractivity (Wildman–Crippen MR) is 135 cm³/mol. The van der Waals surface area contributed by atoms with Crippen LogP contribution in [-0.4, -0.2) is 38.8 Å². The van der Waals surface area contributed by atoms with E-state index in [0.717, 1.165) is 29.4 Å². The first-order chi connectivity index (χ1) is 17.6. The Hall–Kier alpha value is -4.48. The van der Waals surface area contributed by atoms with Gasteiger partial charge < -0.3 is 5.32 Å². The molecule has 8 heteroatoms. The van der Waals surface area contributed by atoms with E-state index >= 15 is 0 Å². The van der Waals surface area contributed by atoms with E-state index in [1.165, 1.54) is 0 Å². The standard InChI is InChI=1S/C28H25N5O3/c1-29-27(34)21-12-10-20(11-13-21)25-26-22(15-16-30-25)23(14-9-18-7-8-18)33(31-26)24(28(35)32-36)17-19-5-3-2-4-6-19/h2-6,10-13,15-16,18,24,36H,7-8,17H2,1H3,(H,29,34)(H,32,35). The number of nitrogens with zero attached hydrogens (tertiary/aromatic N) is 3. The molecule has 1 fully saturated rings. The summed E-state index contributed by atoms with van der Waals surface area (Å²) in [5.41, 5.74) is 5.86. The van der Waals surface area contributed by atoms with Crippen molar-refractivity contribution < 1.29 is 14.8 Å². The minimum absolute atomic E-state index is 0.173. The molecule has 36 heavy (non-hydrogen) atoms. The van der Waals surface area contributed by atoms with E-state index in [9.17, 15) is 14.8 Å². The minimum Gasteiger partial charge on any atom is -0.355 e. The summed E-state index contributed by atoms with van der Waals surface area (Å²) in [7, 11) is 1.59. The number of rotatable bonds is 6. The average Bonchev–Trinajstić information content (AvgIpc) is 3.69. The fourth-order valence-electron chi connectivity index (χ4n) is 4.11. The number of nitrogens with one attached hydrogen (secondary N) is 2. The highest BCUT2D eigenvalue weighted by atomic mass is 16.5. The molecule has 1 aliphatic carbocycles. The zero-order valence-electron chi connectivity index (χ0n) is 19.7. The first kappa shape index (κ1) is 23.3. The molecule has 2 amide bonds. The molecule has 2 aromatic carbocycles. The lowest BCUT2D eigenvalue weighted by molar-refractivity contribution is -0.133. The number of fused-ring (bicyclic) bond motifs is 1. The Morgan fingerprint density at radius 3 is 2.53 bits per heavy atom. The van der Waals surface area contributed by atoms with Crippen LogP contribution >= 0.6 is 0 Å². The van der Waals surface area contributed by atoms with Crippen molar-refractivity contribution in [2.24, 2.45) is 5.92 Å². The smallest absolute Gasteiger partial charge is 0.268 e. The number of hydrogen-bond donors (Lipinski definition) is 3. The largest absolute Gasteiger partial charge is 0.355 e. The summed E-state index contributed by atoms with van der Waals surface area (Å²) in [4.78, 5) is 29.4. The number of carbonyl (C=O) groups is 2.